The summed E-state index contributed by atoms with van der Waals surface area (Å²) in [7, 11) is 3.09. The van der Waals surface area contributed by atoms with Gasteiger partial charge in [0.25, 0.3) is 11.5 Å². The number of methoxy groups -OCH3 is 2. The van der Waals surface area contributed by atoms with Crippen LogP contribution in [0.15, 0.2) is 23.1 Å². The molecule has 1 heterocycles. The zero-order chi connectivity index (χ0) is 22.0. The molecule has 0 unspecified atom stereocenters. The molecule has 3 atom stereocenters. The first kappa shape index (κ1) is 22.2. The molecule has 164 valence electrons. The van der Waals surface area contributed by atoms with Crippen molar-refractivity contribution in [1.82, 2.24) is 9.88 Å². The van der Waals surface area contributed by atoms with Crippen LogP contribution >= 0.6 is 0 Å². The molecule has 1 amide bonds. The van der Waals surface area contributed by atoms with Gasteiger partial charge in [-0.3, -0.25) is 9.59 Å². The lowest BCUT2D eigenvalue weighted by Crippen LogP contribution is -2.44. The molecule has 1 aliphatic carbocycles. The molecule has 0 saturated heterocycles. The maximum Gasteiger partial charge on any atom is 0.258 e. The van der Waals surface area contributed by atoms with E-state index in [1.807, 2.05) is 0 Å². The number of carbonyl (C=O) groups excluding carboxylic acids is 1. The van der Waals surface area contributed by atoms with Crippen molar-refractivity contribution < 1.29 is 14.3 Å². The van der Waals surface area contributed by atoms with Gasteiger partial charge in [0.1, 0.15) is 0 Å². The average molecular weight is 415 g/mol. The van der Waals surface area contributed by atoms with Gasteiger partial charge in [0.2, 0.25) is 0 Å². The Morgan fingerprint density at radius 3 is 2.37 bits per heavy atom. The molecule has 6 heteroatoms. The van der Waals surface area contributed by atoms with E-state index in [9.17, 15) is 9.59 Å². The van der Waals surface area contributed by atoms with Crippen LogP contribution in [-0.4, -0.2) is 30.7 Å². The molecular weight excluding hydrogens is 380 g/mol. The predicted molar refractivity (Wildman–Crippen MR) is 120 cm³/mol. The molecule has 0 bridgehead atoms. The smallest absolute Gasteiger partial charge is 0.258 e. The Bertz CT molecular complexity index is 979. The summed E-state index contributed by atoms with van der Waals surface area (Å²) in [6.07, 6.45) is 5.00. The van der Waals surface area contributed by atoms with Crippen LogP contribution < -0.4 is 20.3 Å². The summed E-state index contributed by atoms with van der Waals surface area (Å²) in [6.45, 7) is 9.10. The van der Waals surface area contributed by atoms with Crippen molar-refractivity contribution in [1.29, 1.82) is 0 Å². The number of carbonyl (C=O) groups is 1. The van der Waals surface area contributed by atoms with E-state index in [-0.39, 0.29) is 23.4 Å². The van der Waals surface area contributed by atoms with Crippen LogP contribution in [0.3, 0.4) is 0 Å². The molecule has 0 aliphatic heterocycles. The van der Waals surface area contributed by atoms with Crippen LogP contribution in [0.5, 0.6) is 11.5 Å². The average Bonchev–Trinajstić information content (AvgIpc) is 2.72. The Morgan fingerprint density at radius 2 is 1.77 bits per heavy atom. The van der Waals surface area contributed by atoms with Gasteiger partial charge in [-0.2, -0.15) is 0 Å². The summed E-state index contributed by atoms with van der Waals surface area (Å²) in [4.78, 5) is 26.5. The lowest BCUT2D eigenvalue weighted by atomic mass is 9.78. The van der Waals surface area contributed by atoms with Crippen molar-refractivity contribution in [2.45, 2.75) is 59.5 Å². The van der Waals surface area contributed by atoms with Crippen molar-refractivity contribution >= 4 is 16.7 Å². The van der Waals surface area contributed by atoms with Gasteiger partial charge in [0.05, 0.1) is 25.2 Å². The Labute approximate surface area is 178 Å². The largest absolute Gasteiger partial charge is 0.493 e. The van der Waals surface area contributed by atoms with Gasteiger partial charge >= 0.3 is 0 Å². The van der Waals surface area contributed by atoms with Crippen LogP contribution in [0.25, 0.3) is 10.8 Å². The number of benzene rings is 1. The number of rotatable bonds is 6. The maximum atomic E-state index is 13.4. The summed E-state index contributed by atoms with van der Waals surface area (Å²) in [5, 5.41) is 4.30. The summed E-state index contributed by atoms with van der Waals surface area (Å²) in [5.74, 6) is 2.11. The molecule has 1 aromatic heterocycles. The van der Waals surface area contributed by atoms with E-state index in [1.165, 1.54) is 6.42 Å². The third-order valence-electron chi connectivity index (χ3n) is 6.42. The predicted octanol–water partition coefficient (Wildman–Crippen LogP) is 4.23. The minimum absolute atomic E-state index is 0.129. The second kappa shape index (κ2) is 9.11. The van der Waals surface area contributed by atoms with Crippen molar-refractivity contribution in [3.05, 3.63) is 34.2 Å². The molecule has 1 aliphatic rings. The van der Waals surface area contributed by atoms with Crippen molar-refractivity contribution in [2.24, 2.45) is 17.8 Å². The third-order valence-corrected chi connectivity index (χ3v) is 6.42. The van der Waals surface area contributed by atoms with E-state index in [0.29, 0.717) is 46.2 Å². The summed E-state index contributed by atoms with van der Waals surface area (Å²) in [6, 6.07) is 3.55. The van der Waals surface area contributed by atoms with E-state index in [2.05, 4.69) is 33.0 Å². The first-order valence-corrected chi connectivity index (χ1v) is 10.9. The van der Waals surface area contributed by atoms with Gasteiger partial charge in [0, 0.05) is 24.2 Å². The van der Waals surface area contributed by atoms with E-state index >= 15 is 0 Å². The standard InChI is InChI=1S/C24H34N2O4/c1-14(2)12-26-13-19(23(27)25-20-9-7-8-15(3)16(20)4)17-10-21(29-5)22(30-6)11-18(17)24(26)28/h10-11,13-16,20H,7-9,12H2,1-6H3,(H,25,27)/t15-,16-,20+/m0/s1. The number of hydrogen-bond acceptors (Lipinski definition) is 4. The van der Waals surface area contributed by atoms with Gasteiger partial charge in [-0.25, -0.2) is 0 Å². The van der Waals surface area contributed by atoms with Crippen LogP contribution in [0.4, 0.5) is 0 Å². The fourth-order valence-electron chi connectivity index (χ4n) is 4.46. The molecule has 1 saturated carbocycles. The molecule has 2 aromatic rings. The number of hydrogen-bond donors (Lipinski definition) is 1. The number of pyridine rings is 1. The third kappa shape index (κ3) is 4.32. The van der Waals surface area contributed by atoms with E-state index < -0.39 is 0 Å². The zero-order valence-corrected chi connectivity index (χ0v) is 19.0. The van der Waals surface area contributed by atoms with E-state index in [4.69, 9.17) is 9.47 Å². The lowest BCUT2D eigenvalue weighted by molar-refractivity contribution is 0.0892. The number of fused-ring (bicyclic) bond motifs is 1. The first-order chi connectivity index (χ1) is 14.3. The zero-order valence-electron chi connectivity index (χ0n) is 19.0. The molecule has 30 heavy (non-hydrogen) atoms. The number of nitrogens with one attached hydrogen (secondary N) is 1. The second-order valence-corrected chi connectivity index (χ2v) is 8.99. The number of nitrogens with zero attached hydrogens (tertiary/aromatic N) is 1. The van der Waals surface area contributed by atoms with Gasteiger partial charge in [-0.15, -0.1) is 0 Å². The van der Waals surface area contributed by atoms with Gasteiger partial charge in [0.15, 0.2) is 11.5 Å². The molecular formula is C24H34N2O4. The topological polar surface area (TPSA) is 69.6 Å². The highest BCUT2D eigenvalue weighted by Gasteiger charge is 2.29. The van der Waals surface area contributed by atoms with Crippen molar-refractivity contribution in [2.75, 3.05) is 14.2 Å². The summed E-state index contributed by atoms with van der Waals surface area (Å²) >= 11 is 0. The highest BCUT2D eigenvalue weighted by molar-refractivity contribution is 6.07. The normalized spacial score (nSPS) is 21.6. The minimum atomic E-state index is -0.143. The molecule has 1 aromatic carbocycles. The van der Waals surface area contributed by atoms with Crippen molar-refractivity contribution in [3.63, 3.8) is 0 Å². The summed E-state index contributed by atoms with van der Waals surface area (Å²) in [5.41, 5.74) is 0.368. The highest BCUT2D eigenvalue weighted by atomic mass is 16.5. The molecule has 1 N–H and O–H groups in total. The van der Waals surface area contributed by atoms with E-state index in [0.717, 1.165) is 12.8 Å². The van der Waals surface area contributed by atoms with Gasteiger partial charge < -0.3 is 19.4 Å². The molecule has 6 nitrogen and oxygen atoms in total. The van der Waals surface area contributed by atoms with Crippen LogP contribution in [-0.2, 0) is 6.54 Å². The Balaban J connectivity index is 2.12. The SMILES string of the molecule is COc1cc2c(C(=O)N[C@@H]3CCC[C@H](C)[C@@H]3C)cn(CC(C)C)c(=O)c2cc1OC. The summed E-state index contributed by atoms with van der Waals surface area (Å²) < 4.78 is 12.5. The molecule has 1 fully saturated rings. The van der Waals surface area contributed by atoms with Crippen LogP contribution in [0.2, 0.25) is 0 Å². The number of amides is 1. The first-order valence-electron chi connectivity index (χ1n) is 10.9. The van der Waals surface area contributed by atoms with Crippen LogP contribution in [0.1, 0.15) is 57.3 Å². The fourth-order valence-corrected chi connectivity index (χ4v) is 4.46. The molecule has 0 radical (unpaired) electrons. The molecule has 0 spiro atoms. The monoisotopic (exact) mass is 414 g/mol. The Hall–Kier alpha value is -2.50. The Kier molecular flexibility index (Phi) is 6.74. The second-order valence-electron chi connectivity index (χ2n) is 8.99. The number of ether oxygens (including phenoxy) is 2. The van der Waals surface area contributed by atoms with Crippen molar-refractivity contribution in [3.8, 4) is 11.5 Å². The minimum Gasteiger partial charge on any atom is -0.493 e. The maximum absolute atomic E-state index is 13.4. The van der Waals surface area contributed by atoms with E-state index in [1.54, 1.807) is 37.1 Å². The van der Waals surface area contributed by atoms with Crippen LogP contribution in [0, 0.1) is 17.8 Å². The Morgan fingerprint density at radius 1 is 1.13 bits per heavy atom. The van der Waals surface area contributed by atoms with Gasteiger partial charge in [-0.1, -0.05) is 40.5 Å². The van der Waals surface area contributed by atoms with Gasteiger partial charge in [-0.05, 0) is 36.3 Å². The molecule has 3 rings (SSSR count). The fraction of sp³-hybridized carbons (Fsp3) is 0.583. The lowest BCUT2D eigenvalue weighted by Gasteiger charge is -2.34. The quantitative estimate of drug-likeness (QED) is 0.768. The highest BCUT2D eigenvalue weighted by Crippen LogP contribution is 2.33. The number of aromatic nitrogens is 1.